The van der Waals surface area contributed by atoms with Crippen LogP contribution in [0.5, 0.6) is 17.2 Å². The molecule has 0 atom stereocenters. The zero-order valence-corrected chi connectivity index (χ0v) is 20.9. The standard InChI is InChI=1S/C26H22BrClN2O4/c1-3-33-21-9-6-8-20(13-21)30-26(31)19(15-29)11-18-12-24(32-2)25(14-22(18)27)34-16-17-7-4-5-10-23(17)28/h4-14H,3,16H2,1-2H3,(H,30,31)/b19-11-. The Morgan fingerprint density at radius 2 is 1.91 bits per heavy atom. The molecule has 0 radical (unpaired) electrons. The maximum atomic E-state index is 12.7. The van der Waals surface area contributed by atoms with Crippen LogP contribution in [0.1, 0.15) is 18.1 Å². The number of halogens is 2. The number of hydrogen-bond acceptors (Lipinski definition) is 5. The molecule has 0 aliphatic rings. The Morgan fingerprint density at radius 1 is 1.12 bits per heavy atom. The largest absolute Gasteiger partial charge is 0.494 e. The third-order valence-electron chi connectivity index (χ3n) is 4.69. The zero-order valence-electron chi connectivity index (χ0n) is 18.6. The Balaban J connectivity index is 1.81. The lowest BCUT2D eigenvalue weighted by molar-refractivity contribution is -0.112. The van der Waals surface area contributed by atoms with Gasteiger partial charge in [0.1, 0.15) is 24.0 Å². The van der Waals surface area contributed by atoms with E-state index in [-0.39, 0.29) is 12.2 Å². The summed E-state index contributed by atoms with van der Waals surface area (Å²) in [6.07, 6.45) is 1.48. The minimum atomic E-state index is -0.541. The molecule has 0 bridgehead atoms. The van der Waals surface area contributed by atoms with Crippen molar-refractivity contribution in [3.63, 3.8) is 0 Å². The van der Waals surface area contributed by atoms with E-state index < -0.39 is 5.91 Å². The molecule has 6 nitrogen and oxygen atoms in total. The number of amides is 1. The molecule has 3 rings (SSSR count). The highest BCUT2D eigenvalue weighted by atomic mass is 79.9. The topological polar surface area (TPSA) is 80.6 Å². The van der Waals surface area contributed by atoms with E-state index in [0.29, 0.717) is 44.6 Å². The molecule has 0 saturated carbocycles. The van der Waals surface area contributed by atoms with Crippen LogP contribution in [0.4, 0.5) is 5.69 Å². The first-order valence-electron chi connectivity index (χ1n) is 10.3. The van der Waals surface area contributed by atoms with Gasteiger partial charge in [-0.25, -0.2) is 0 Å². The maximum absolute atomic E-state index is 12.7. The Hall–Kier alpha value is -3.47. The van der Waals surface area contributed by atoms with Gasteiger partial charge in [-0.3, -0.25) is 4.79 Å². The number of ether oxygens (including phenoxy) is 3. The lowest BCUT2D eigenvalue weighted by atomic mass is 10.1. The first-order chi connectivity index (χ1) is 16.4. The lowest BCUT2D eigenvalue weighted by Gasteiger charge is -2.14. The summed E-state index contributed by atoms with van der Waals surface area (Å²) in [5, 5.41) is 12.9. The Morgan fingerprint density at radius 3 is 2.62 bits per heavy atom. The van der Waals surface area contributed by atoms with Crippen LogP contribution in [0, 0.1) is 11.3 Å². The second-order valence-corrected chi connectivity index (χ2v) is 8.25. The number of carbonyl (C=O) groups is 1. The van der Waals surface area contributed by atoms with E-state index >= 15 is 0 Å². The van der Waals surface area contributed by atoms with E-state index in [1.165, 1.54) is 13.2 Å². The van der Waals surface area contributed by atoms with Crippen molar-refractivity contribution in [3.05, 3.63) is 86.9 Å². The molecule has 0 aliphatic carbocycles. The van der Waals surface area contributed by atoms with Gasteiger partial charge in [-0.15, -0.1) is 0 Å². The van der Waals surface area contributed by atoms with E-state index in [0.717, 1.165) is 5.56 Å². The van der Waals surface area contributed by atoms with Crippen molar-refractivity contribution in [3.8, 4) is 23.3 Å². The van der Waals surface area contributed by atoms with Crippen molar-refractivity contribution in [2.75, 3.05) is 19.0 Å². The van der Waals surface area contributed by atoms with Gasteiger partial charge in [-0.2, -0.15) is 5.26 Å². The molecule has 1 N–H and O–H groups in total. The van der Waals surface area contributed by atoms with Gasteiger partial charge in [0.25, 0.3) is 5.91 Å². The van der Waals surface area contributed by atoms with Crippen LogP contribution in [0.25, 0.3) is 6.08 Å². The van der Waals surface area contributed by atoms with E-state index in [9.17, 15) is 10.1 Å². The molecule has 174 valence electrons. The predicted molar refractivity (Wildman–Crippen MR) is 136 cm³/mol. The lowest BCUT2D eigenvalue weighted by Crippen LogP contribution is -2.13. The molecule has 0 fully saturated rings. The maximum Gasteiger partial charge on any atom is 0.266 e. The van der Waals surface area contributed by atoms with Crippen LogP contribution in [-0.2, 0) is 11.4 Å². The summed E-state index contributed by atoms with van der Waals surface area (Å²) in [5.74, 6) is 1.02. The van der Waals surface area contributed by atoms with Crippen LogP contribution >= 0.6 is 27.5 Å². The van der Waals surface area contributed by atoms with Crippen LogP contribution < -0.4 is 19.5 Å². The van der Waals surface area contributed by atoms with Gasteiger partial charge >= 0.3 is 0 Å². The fraction of sp³-hybridized carbons (Fsp3) is 0.154. The highest BCUT2D eigenvalue weighted by Gasteiger charge is 2.14. The van der Waals surface area contributed by atoms with Gasteiger partial charge in [-0.1, -0.05) is 51.8 Å². The number of methoxy groups -OCH3 is 1. The van der Waals surface area contributed by atoms with Crippen molar-refractivity contribution >= 4 is 45.2 Å². The predicted octanol–water partition coefficient (Wildman–Crippen LogP) is 6.63. The van der Waals surface area contributed by atoms with Gasteiger partial charge < -0.3 is 19.5 Å². The van der Waals surface area contributed by atoms with Gasteiger partial charge in [0, 0.05) is 26.8 Å². The Bertz CT molecular complexity index is 1250. The molecule has 0 aliphatic heterocycles. The number of nitrogens with zero attached hydrogens (tertiary/aromatic N) is 1. The summed E-state index contributed by atoms with van der Waals surface area (Å²) in [7, 11) is 1.52. The smallest absolute Gasteiger partial charge is 0.266 e. The Labute approximate surface area is 211 Å². The molecule has 8 heteroatoms. The van der Waals surface area contributed by atoms with Gasteiger partial charge in [0.15, 0.2) is 11.5 Å². The summed E-state index contributed by atoms with van der Waals surface area (Å²) in [6.45, 7) is 2.64. The van der Waals surface area contributed by atoms with E-state index in [4.69, 9.17) is 25.8 Å². The highest BCUT2D eigenvalue weighted by Crippen LogP contribution is 2.35. The minimum absolute atomic E-state index is 0.0747. The van der Waals surface area contributed by atoms with Crippen LogP contribution in [0.2, 0.25) is 5.02 Å². The fourth-order valence-electron chi connectivity index (χ4n) is 3.04. The summed E-state index contributed by atoms with van der Waals surface area (Å²) in [5.41, 5.74) is 1.87. The molecule has 3 aromatic carbocycles. The van der Waals surface area contributed by atoms with Gasteiger partial charge in [-0.05, 0) is 48.9 Å². The summed E-state index contributed by atoms with van der Waals surface area (Å²) in [6, 6.07) is 19.7. The number of carbonyl (C=O) groups excluding carboxylic acids is 1. The van der Waals surface area contributed by atoms with Crippen LogP contribution in [-0.4, -0.2) is 19.6 Å². The molecule has 3 aromatic rings. The third-order valence-corrected chi connectivity index (χ3v) is 5.75. The monoisotopic (exact) mass is 540 g/mol. The van der Waals surface area contributed by atoms with Crippen LogP contribution in [0.15, 0.2) is 70.7 Å². The van der Waals surface area contributed by atoms with Crippen molar-refractivity contribution in [2.24, 2.45) is 0 Å². The minimum Gasteiger partial charge on any atom is -0.494 e. The van der Waals surface area contributed by atoms with E-state index in [1.54, 1.807) is 42.5 Å². The van der Waals surface area contributed by atoms with Crippen molar-refractivity contribution in [1.29, 1.82) is 5.26 Å². The third kappa shape index (κ3) is 6.53. The zero-order chi connectivity index (χ0) is 24.5. The van der Waals surface area contributed by atoms with E-state index in [1.807, 2.05) is 31.2 Å². The number of rotatable bonds is 9. The summed E-state index contributed by atoms with van der Waals surface area (Å²) >= 11 is 9.69. The van der Waals surface area contributed by atoms with Gasteiger partial charge in [0.05, 0.1) is 13.7 Å². The SMILES string of the molecule is CCOc1cccc(NC(=O)/C(C#N)=C\c2cc(OC)c(OCc3ccccc3Cl)cc2Br)c1. The van der Waals surface area contributed by atoms with Crippen molar-refractivity contribution in [2.45, 2.75) is 13.5 Å². The molecular formula is C26H22BrClN2O4. The molecule has 0 spiro atoms. The molecule has 0 saturated heterocycles. The first-order valence-corrected chi connectivity index (χ1v) is 11.5. The summed E-state index contributed by atoms with van der Waals surface area (Å²) < 4.78 is 17.4. The summed E-state index contributed by atoms with van der Waals surface area (Å²) in [4.78, 5) is 12.7. The average Bonchev–Trinajstić information content (AvgIpc) is 2.83. The fourth-order valence-corrected chi connectivity index (χ4v) is 3.66. The second-order valence-electron chi connectivity index (χ2n) is 6.99. The number of hydrogen-bond donors (Lipinski definition) is 1. The van der Waals surface area contributed by atoms with Crippen molar-refractivity contribution in [1.82, 2.24) is 0 Å². The average molecular weight is 542 g/mol. The molecule has 34 heavy (non-hydrogen) atoms. The molecule has 0 aromatic heterocycles. The molecule has 1 amide bonds. The number of nitrogens with one attached hydrogen (secondary N) is 1. The van der Waals surface area contributed by atoms with Crippen molar-refractivity contribution < 1.29 is 19.0 Å². The van der Waals surface area contributed by atoms with Crippen LogP contribution in [0.3, 0.4) is 0 Å². The Kier molecular flexibility index (Phi) is 8.97. The second kappa shape index (κ2) is 12.1. The normalized spacial score (nSPS) is 10.9. The number of nitriles is 1. The number of anilines is 1. The first kappa shape index (κ1) is 25.2. The molecular weight excluding hydrogens is 520 g/mol. The molecule has 0 unspecified atom stereocenters. The van der Waals surface area contributed by atoms with E-state index in [2.05, 4.69) is 21.2 Å². The quantitative estimate of drug-likeness (QED) is 0.243. The molecule has 0 heterocycles. The highest BCUT2D eigenvalue weighted by molar-refractivity contribution is 9.10. The van der Waals surface area contributed by atoms with Gasteiger partial charge in [0.2, 0.25) is 0 Å². The number of benzene rings is 3.